The highest BCUT2D eigenvalue weighted by Crippen LogP contribution is 2.31. The van der Waals surface area contributed by atoms with E-state index >= 15 is 0 Å². The van der Waals surface area contributed by atoms with Crippen LogP contribution in [0.3, 0.4) is 0 Å². The minimum absolute atomic E-state index is 0.0416. The van der Waals surface area contributed by atoms with Crippen molar-refractivity contribution < 1.29 is 17.3 Å². The quantitative estimate of drug-likeness (QED) is 0.869. The third-order valence-electron chi connectivity index (χ3n) is 4.25. The van der Waals surface area contributed by atoms with Crippen LogP contribution in [0.15, 0.2) is 33.7 Å². The Morgan fingerprint density at radius 3 is 2.60 bits per heavy atom. The van der Waals surface area contributed by atoms with Gasteiger partial charge < -0.3 is 4.52 Å². The Morgan fingerprint density at radius 2 is 2.00 bits per heavy atom. The first kappa shape index (κ1) is 18.0. The van der Waals surface area contributed by atoms with E-state index in [1.807, 2.05) is 25.8 Å². The number of benzene rings is 1. The van der Waals surface area contributed by atoms with Crippen LogP contribution in [0.2, 0.25) is 0 Å². The molecule has 0 spiro atoms. The van der Waals surface area contributed by atoms with Gasteiger partial charge in [0.25, 0.3) is 0 Å². The Labute approximate surface area is 146 Å². The smallest absolute Gasteiger partial charge is 0.244 e. The third kappa shape index (κ3) is 3.88. The minimum atomic E-state index is -3.71. The maximum atomic E-state index is 13.0. The Kier molecular flexibility index (Phi) is 4.90. The highest BCUT2D eigenvalue weighted by Gasteiger charge is 2.36. The number of likely N-dealkylation sites (N-methyl/N-ethyl adjacent to an activating group) is 1. The van der Waals surface area contributed by atoms with Gasteiger partial charge in [0.2, 0.25) is 15.9 Å². The van der Waals surface area contributed by atoms with Crippen LogP contribution in [-0.2, 0) is 10.0 Å². The van der Waals surface area contributed by atoms with E-state index in [0.717, 1.165) is 12.1 Å². The van der Waals surface area contributed by atoms with Crippen LogP contribution < -0.4 is 4.72 Å². The molecule has 136 valence electrons. The Balaban J connectivity index is 1.71. The molecule has 1 N–H and O–H groups in total. The zero-order valence-electron chi connectivity index (χ0n) is 14.3. The minimum Gasteiger partial charge on any atom is -0.338 e. The van der Waals surface area contributed by atoms with Gasteiger partial charge in [-0.25, -0.2) is 17.5 Å². The van der Waals surface area contributed by atoms with Crippen LogP contribution in [0, 0.1) is 5.82 Å². The number of sulfonamides is 1. The topological polar surface area (TPSA) is 88.3 Å². The molecule has 7 nitrogen and oxygen atoms in total. The Bertz CT molecular complexity index is 835. The number of halogens is 1. The van der Waals surface area contributed by atoms with Crippen molar-refractivity contribution in [2.24, 2.45) is 0 Å². The number of hydrogen-bond donors (Lipinski definition) is 1. The second-order valence-electron chi connectivity index (χ2n) is 6.61. The number of nitrogens with one attached hydrogen (secondary N) is 1. The van der Waals surface area contributed by atoms with E-state index in [1.165, 1.54) is 12.1 Å². The molecule has 0 aliphatic carbocycles. The summed E-state index contributed by atoms with van der Waals surface area (Å²) in [5.41, 5.74) is 0. The van der Waals surface area contributed by atoms with Gasteiger partial charge in [-0.2, -0.15) is 4.98 Å². The van der Waals surface area contributed by atoms with Crippen molar-refractivity contribution in [1.82, 2.24) is 19.8 Å². The molecule has 3 rings (SSSR count). The molecule has 1 aliphatic rings. The van der Waals surface area contributed by atoms with Gasteiger partial charge in [-0.3, -0.25) is 4.90 Å². The lowest BCUT2D eigenvalue weighted by molar-refractivity contribution is 0.244. The van der Waals surface area contributed by atoms with Crippen molar-refractivity contribution in [2.45, 2.75) is 43.2 Å². The zero-order valence-corrected chi connectivity index (χ0v) is 15.1. The molecule has 0 bridgehead atoms. The Morgan fingerprint density at radius 1 is 1.32 bits per heavy atom. The van der Waals surface area contributed by atoms with Crippen molar-refractivity contribution >= 4 is 10.0 Å². The van der Waals surface area contributed by atoms with Crippen LogP contribution in [0.25, 0.3) is 0 Å². The van der Waals surface area contributed by atoms with Crippen LogP contribution in [0.4, 0.5) is 4.39 Å². The van der Waals surface area contributed by atoms with Crippen LogP contribution in [0.1, 0.15) is 43.9 Å². The van der Waals surface area contributed by atoms with Gasteiger partial charge in [0, 0.05) is 18.5 Å². The molecule has 0 unspecified atom stereocenters. The van der Waals surface area contributed by atoms with Gasteiger partial charge in [0.1, 0.15) is 5.82 Å². The number of hydrogen-bond acceptors (Lipinski definition) is 6. The molecule has 0 radical (unpaired) electrons. The molecule has 1 aromatic carbocycles. The summed E-state index contributed by atoms with van der Waals surface area (Å²) in [6.07, 6.45) is 0.524. The summed E-state index contributed by atoms with van der Waals surface area (Å²) >= 11 is 0. The first-order valence-corrected chi connectivity index (χ1v) is 9.56. The maximum absolute atomic E-state index is 13.0. The van der Waals surface area contributed by atoms with Crippen molar-refractivity contribution in [2.75, 3.05) is 13.6 Å². The summed E-state index contributed by atoms with van der Waals surface area (Å²) in [5.74, 6) is 0.822. The van der Waals surface area contributed by atoms with Gasteiger partial charge in [0.15, 0.2) is 5.82 Å². The van der Waals surface area contributed by atoms with E-state index in [1.54, 1.807) is 0 Å². The molecule has 2 heterocycles. The van der Waals surface area contributed by atoms with E-state index in [4.69, 9.17) is 4.52 Å². The average Bonchev–Trinajstić information content (AvgIpc) is 3.14. The van der Waals surface area contributed by atoms with Crippen LogP contribution in [-0.4, -0.2) is 43.1 Å². The molecule has 2 atom stereocenters. The second-order valence-corrected chi connectivity index (χ2v) is 8.32. The van der Waals surface area contributed by atoms with Crippen LogP contribution in [0.5, 0.6) is 0 Å². The normalized spacial score (nSPS) is 22.0. The van der Waals surface area contributed by atoms with Crippen LogP contribution >= 0.6 is 0 Å². The van der Waals surface area contributed by atoms with Gasteiger partial charge in [-0.05, 0) is 37.7 Å². The maximum Gasteiger partial charge on any atom is 0.244 e. The largest absolute Gasteiger partial charge is 0.338 e. The zero-order chi connectivity index (χ0) is 18.2. The average molecular weight is 368 g/mol. The lowest BCUT2D eigenvalue weighted by atomic mass is 10.2. The first-order valence-electron chi connectivity index (χ1n) is 8.08. The third-order valence-corrected chi connectivity index (χ3v) is 5.79. The molecular weight excluding hydrogens is 347 g/mol. The lowest BCUT2D eigenvalue weighted by Crippen LogP contribution is -2.36. The summed E-state index contributed by atoms with van der Waals surface area (Å²) in [6, 6.07) is 4.33. The summed E-state index contributed by atoms with van der Waals surface area (Å²) in [7, 11) is -1.82. The van der Waals surface area contributed by atoms with E-state index in [9.17, 15) is 12.8 Å². The van der Waals surface area contributed by atoms with E-state index < -0.39 is 15.8 Å². The van der Waals surface area contributed by atoms with Crippen molar-refractivity contribution in [3.8, 4) is 0 Å². The lowest BCUT2D eigenvalue weighted by Gasteiger charge is -2.14. The van der Waals surface area contributed by atoms with Crippen molar-refractivity contribution in [1.29, 1.82) is 0 Å². The molecular formula is C16H21FN4O3S. The SMILES string of the molecule is CC(C)c1noc([C@@H]2C[C@H](NS(=O)(=O)c3ccc(F)cc3)CN2C)n1. The van der Waals surface area contributed by atoms with Crippen molar-refractivity contribution in [3.63, 3.8) is 0 Å². The molecule has 1 aromatic heterocycles. The van der Waals surface area contributed by atoms with Gasteiger partial charge in [-0.15, -0.1) is 0 Å². The summed E-state index contributed by atoms with van der Waals surface area (Å²) in [6.45, 7) is 4.48. The molecule has 0 amide bonds. The van der Waals surface area contributed by atoms with E-state index in [2.05, 4.69) is 14.9 Å². The van der Waals surface area contributed by atoms with E-state index in [0.29, 0.717) is 24.7 Å². The predicted molar refractivity (Wildman–Crippen MR) is 88.9 cm³/mol. The predicted octanol–water partition coefficient (Wildman–Crippen LogP) is 2.06. The number of likely N-dealkylation sites (tertiary alicyclic amines) is 1. The van der Waals surface area contributed by atoms with Gasteiger partial charge in [-0.1, -0.05) is 19.0 Å². The van der Waals surface area contributed by atoms with Gasteiger partial charge in [0.05, 0.1) is 10.9 Å². The Hall–Kier alpha value is -1.84. The molecule has 1 fully saturated rings. The molecule has 2 aromatic rings. The molecule has 25 heavy (non-hydrogen) atoms. The summed E-state index contributed by atoms with van der Waals surface area (Å²) in [5, 5.41) is 3.96. The second kappa shape index (κ2) is 6.81. The highest BCUT2D eigenvalue weighted by atomic mass is 32.2. The fraction of sp³-hybridized carbons (Fsp3) is 0.500. The first-order chi connectivity index (χ1) is 11.8. The van der Waals surface area contributed by atoms with Crippen molar-refractivity contribution in [3.05, 3.63) is 41.8 Å². The highest BCUT2D eigenvalue weighted by molar-refractivity contribution is 7.89. The summed E-state index contributed by atoms with van der Waals surface area (Å²) in [4.78, 5) is 6.43. The standard InChI is InChI=1S/C16H21FN4O3S/c1-10(2)15-18-16(24-19-15)14-8-12(9-21(14)3)20-25(22,23)13-6-4-11(17)5-7-13/h4-7,10,12,14,20H,8-9H2,1-3H3/t12-,14-/m0/s1. The van der Waals surface area contributed by atoms with E-state index in [-0.39, 0.29) is 22.9 Å². The fourth-order valence-corrected chi connectivity index (χ4v) is 4.13. The monoisotopic (exact) mass is 368 g/mol. The summed E-state index contributed by atoms with van der Waals surface area (Å²) < 4.78 is 45.9. The molecule has 1 aliphatic heterocycles. The molecule has 9 heteroatoms. The number of aromatic nitrogens is 2. The number of nitrogens with zero attached hydrogens (tertiary/aromatic N) is 3. The molecule has 1 saturated heterocycles. The fourth-order valence-electron chi connectivity index (χ4n) is 2.89. The molecule has 0 saturated carbocycles. The van der Waals surface area contributed by atoms with Gasteiger partial charge >= 0.3 is 0 Å². The number of rotatable bonds is 5.